The predicted octanol–water partition coefficient (Wildman–Crippen LogP) is 0.673. The second kappa shape index (κ2) is 7.74. The van der Waals surface area contributed by atoms with Gasteiger partial charge in [-0.25, -0.2) is 0 Å². The molecule has 1 aromatic carbocycles. The van der Waals surface area contributed by atoms with E-state index in [2.05, 4.69) is 10.6 Å². The van der Waals surface area contributed by atoms with E-state index in [0.717, 1.165) is 24.2 Å². The predicted molar refractivity (Wildman–Crippen MR) is 92.5 cm³/mol. The summed E-state index contributed by atoms with van der Waals surface area (Å²) in [5, 5.41) is 5.81. The van der Waals surface area contributed by atoms with Gasteiger partial charge in [0.15, 0.2) is 0 Å². The number of ether oxygens (including phenoxy) is 2. The first-order chi connectivity index (χ1) is 12.1. The Morgan fingerprint density at radius 3 is 2.80 bits per heavy atom. The maximum atomic E-state index is 12.3. The van der Waals surface area contributed by atoms with Gasteiger partial charge in [0.2, 0.25) is 11.8 Å². The second-order valence-electron chi connectivity index (χ2n) is 6.50. The molecule has 0 radical (unpaired) electrons. The Morgan fingerprint density at radius 2 is 2.12 bits per heavy atom. The molecule has 136 valence electrons. The van der Waals surface area contributed by atoms with Crippen LogP contribution in [0.3, 0.4) is 0 Å². The number of carbonyl (C=O) groups is 2. The van der Waals surface area contributed by atoms with Crippen molar-refractivity contribution in [3.63, 3.8) is 0 Å². The van der Waals surface area contributed by atoms with E-state index in [0.29, 0.717) is 31.4 Å². The zero-order valence-corrected chi connectivity index (χ0v) is 14.7. The summed E-state index contributed by atoms with van der Waals surface area (Å²) < 4.78 is 10.7. The van der Waals surface area contributed by atoms with Gasteiger partial charge in [-0.2, -0.15) is 0 Å². The summed E-state index contributed by atoms with van der Waals surface area (Å²) in [6, 6.07) is 5.48. The van der Waals surface area contributed by atoms with Gasteiger partial charge >= 0.3 is 0 Å². The van der Waals surface area contributed by atoms with Crippen LogP contribution in [0.1, 0.15) is 24.8 Å². The average Bonchev–Trinajstić information content (AvgIpc) is 3.42. The molecule has 0 spiro atoms. The summed E-state index contributed by atoms with van der Waals surface area (Å²) in [7, 11) is 3.22. The highest BCUT2D eigenvalue weighted by atomic mass is 16.5. The molecule has 1 aliphatic heterocycles. The Hall–Kier alpha value is -2.28. The first kappa shape index (κ1) is 17.5. The smallest absolute Gasteiger partial charge is 0.237 e. The largest absolute Gasteiger partial charge is 0.497 e. The van der Waals surface area contributed by atoms with Crippen LogP contribution >= 0.6 is 0 Å². The number of rotatable bonds is 7. The lowest BCUT2D eigenvalue weighted by Gasteiger charge is -2.35. The van der Waals surface area contributed by atoms with Crippen molar-refractivity contribution in [2.24, 2.45) is 0 Å². The summed E-state index contributed by atoms with van der Waals surface area (Å²) >= 11 is 0. The third-order valence-electron chi connectivity index (χ3n) is 4.63. The van der Waals surface area contributed by atoms with E-state index >= 15 is 0 Å². The first-order valence-corrected chi connectivity index (χ1v) is 8.62. The van der Waals surface area contributed by atoms with Gasteiger partial charge in [-0.3, -0.25) is 14.5 Å². The number of benzene rings is 1. The number of amides is 2. The molecule has 2 amide bonds. The molecule has 25 heavy (non-hydrogen) atoms. The van der Waals surface area contributed by atoms with Crippen molar-refractivity contribution in [1.82, 2.24) is 15.5 Å². The molecule has 1 saturated heterocycles. The Bertz CT molecular complexity index is 645. The van der Waals surface area contributed by atoms with Crippen LogP contribution in [-0.4, -0.2) is 56.1 Å². The molecule has 1 aromatic rings. The molecule has 2 aliphatic rings. The Morgan fingerprint density at radius 1 is 1.32 bits per heavy atom. The van der Waals surface area contributed by atoms with Gasteiger partial charge in [-0.1, -0.05) is 6.07 Å². The molecule has 0 aromatic heterocycles. The van der Waals surface area contributed by atoms with Crippen molar-refractivity contribution in [3.05, 3.63) is 23.8 Å². The van der Waals surface area contributed by atoms with Crippen molar-refractivity contribution in [2.75, 3.05) is 27.3 Å². The van der Waals surface area contributed by atoms with Gasteiger partial charge in [0.05, 0.1) is 26.7 Å². The highest BCUT2D eigenvalue weighted by Crippen LogP contribution is 2.27. The van der Waals surface area contributed by atoms with Gasteiger partial charge in [0.25, 0.3) is 0 Å². The lowest BCUT2D eigenvalue weighted by Crippen LogP contribution is -2.56. The van der Waals surface area contributed by atoms with Crippen molar-refractivity contribution >= 4 is 11.8 Å². The molecule has 2 fully saturated rings. The lowest BCUT2D eigenvalue weighted by atomic mass is 10.1. The van der Waals surface area contributed by atoms with E-state index in [4.69, 9.17) is 9.47 Å². The molecule has 7 heteroatoms. The number of hydrogen-bond donors (Lipinski definition) is 2. The molecule has 1 saturated carbocycles. The molecular formula is C18H25N3O4. The van der Waals surface area contributed by atoms with E-state index in [9.17, 15) is 9.59 Å². The standard InChI is InChI=1S/C18H25N3O4/c1-24-14-6-3-12(16(9-14)25-2)11-21-8-7-19-18(23)15(21)10-17(22)20-13-4-5-13/h3,6,9,13,15H,4-5,7-8,10-11H2,1-2H3,(H,19,23)(H,20,22)/t15-/m1/s1. The quantitative estimate of drug-likeness (QED) is 0.758. The van der Waals surface area contributed by atoms with Crippen LogP contribution in [-0.2, 0) is 16.1 Å². The van der Waals surface area contributed by atoms with Crippen LogP contribution in [0.25, 0.3) is 0 Å². The fourth-order valence-corrected chi connectivity index (χ4v) is 3.06. The molecule has 1 heterocycles. The lowest BCUT2D eigenvalue weighted by molar-refractivity contribution is -0.134. The van der Waals surface area contributed by atoms with Crippen LogP contribution in [0.5, 0.6) is 11.5 Å². The van der Waals surface area contributed by atoms with Crippen molar-refractivity contribution in [2.45, 2.75) is 37.9 Å². The summed E-state index contributed by atoms with van der Waals surface area (Å²) in [5.41, 5.74) is 0.964. The van der Waals surface area contributed by atoms with Crippen LogP contribution in [0, 0.1) is 0 Å². The number of nitrogens with one attached hydrogen (secondary N) is 2. The molecule has 1 aliphatic carbocycles. The number of methoxy groups -OCH3 is 2. The molecule has 0 unspecified atom stereocenters. The third-order valence-corrected chi connectivity index (χ3v) is 4.63. The van der Waals surface area contributed by atoms with E-state index in [1.807, 2.05) is 23.1 Å². The fraction of sp³-hybridized carbons (Fsp3) is 0.556. The SMILES string of the molecule is COc1ccc(CN2CCNC(=O)[C@H]2CC(=O)NC2CC2)c(OC)c1. The van der Waals surface area contributed by atoms with Crippen LogP contribution in [0.2, 0.25) is 0 Å². The van der Waals surface area contributed by atoms with Gasteiger partial charge < -0.3 is 20.1 Å². The number of nitrogens with zero attached hydrogens (tertiary/aromatic N) is 1. The monoisotopic (exact) mass is 347 g/mol. The van der Waals surface area contributed by atoms with Gasteiger partial charge in [0.1, 0.15) is 11.5 Å². The van der Waals surface area contributed by atoms with Crippen LogP contribution in [0.4, 0.5) is 0 Å². The Balaban J connectivity index is 1.71. The van der Waals surface area contributed by atoms with E-state index in [1.54, 1.807) is 14.2 Å². The molecular weight excluding hydrogens is 322 g/mol. The maximum absolute atomic E-state index is 12.3. The van der Waals surface area contributed by atoms with E-state index < -0.39 is 6.04 Å². The van der Waals surface area contributed by atoms with Gasteiger partial charge in [-0.15, -0.1) is 0 Å². The Kier molecular flexibility index (Phi) is 5.43. The molecule has 7 nitrogen and oxygen atoms in total. The first-order valence-electron chi connectivity index (χ1n) is 8.62. The minimum atomic E-state index is -0.459. The topological polar surface area (TPSA) is 79.9 Å². The minimum absolute atomic E-state index is 0.0590. The van der Waals surface area contributed by atoms with Crippen molar-refractivity contribution < 1.29 is 19.1 Å². The number of hydrogen-bond acceptors (Lipinski definition) is 5. The summed E-state index contributed by atoms with van der Waals surface area (Å²) in [4.78, 5) is 26.5. The third kappa shape index (κ3) is 4.42. The fourth-order valence-electron chi connectivity index (χ4n) is 3.06. The van der Waals surface area contributed by atoms with E-state index in [1.165, 1.54) is 0 Å². The van der Waals surface area contributed by atoms with Crippen molar-refractivity contribution in [1.29, 1.82) is 0 Å². The van der Waals surface area contributed by atoms with Gasteiger partial charge in [0, 0.05) is 37.3 Å². The number of piperazine rings is 1. The number of carbonyl (C=O) groups excluding carboxylic acids is 2. The highest BCUT2D eigenvalue weighted by Gasteiger charge is 2.33. The molecule has 2 N–H and O–H groups in total. The summed E-state index contributed by atoms with van der Waals surface area (Å²) in [6.45, 7) is 1.82. The summed E-state index contributed by atoms with van der Waals surface area (Å²) in [6.07, 6.45) is 2.26. The zero-order valence-electron chi connectivity index (χ0n) is 14.7. The maximum Gasteiger partial charge on any atom is 0.237 e. The zero-order chi connectivity index (χ0) is 17.8. The summed E-state index contributed by atoms with van der Waals surface area (Å²) in [5.74, 6) is 1.28. The molecule has 3 rings (SSSR count). The van der Waals surface area contributed by atoms with E-state index in [-0.39, 0.29) is 18.2 Å². The second-order valence-corrected chi connectivity index (χ2v) is 6.50. The van der Waals surface area contributed by atoms with Crippen LogP contribution < -0.4 is 20.1 Å². The average molecular weight is 347 g/mol. The highest BCUT2D eigenvalue weighted by molar-refractivity contribution is 5.89. The van der Waals surface area contributed by atoms with Gasteiger partial charge in [-0.05, 0) is 18.9 Å². The minimum Gasteiger partial charge on any atom is -0.497 e. The van der Waals surface area contributed by atoms with Crippen molar-refractivity contribution in [3.8, 4) is 11.5 Å². The molecule has 0 bridgehead atoms. The normalized spacial score (nSPS) is 20.7. The van der Waals surface area contributed by atoms with Crippen LogP contribution in [0.15, 0.2) is 18.2 Å². The molecule has 1 atom stereocenters. The Labute approximate surface area is 147 Å².